The first-order chi connectivity index (χ1) is 9.97. The van der Waals surface area contributed by atoms with Crippen LogP contribution in [-0.2, 0) is 4.79 Å². The summed E-state index contributed by atoms with van der Waals surface area (Å²) in [6.07, 6.45) is 2.86. The molecule has 1 saturated carbocycles. The van der Waals surface area contributed by atoms with Crippen molar-refractivity contribution >= 4 is 11.7 Å². The molecule has 0 saturated heterocycles. The Morgan fingerprint density at radius 2 is 2.14 bits per heavy atom. The summed E-state index contributed by atoms with van der Waals surface area (Å²) in [6.45, 7) is 1.87. The SMILES string of the molecule is Cc1cnc(NC(=O)[C@@H]2CC2(F)F)cc1-c1ccccn1. The molecule has 1 N–H and O–H groups in total. The van der Waals surface area contributed by atoms with Gasteiger partial charge in [-0.25, -0.2) is 13.8 Å². The number of anilines is 1. The fraction of sp³-hybridized carbons (Fsp3) is 0.267. The number of alkyl halides is 2. The Hall–Kier alpha value is -2.37. The molecule has 0 radical (unpaired) electrons. The number of aromatic nitrogens is 2. The van der Waals surface area contributed by atoms with Crippen LogP contribution >= 0.6 is 0 Å². The van der Waals surface area contributed by atoms with Crippen LogP contribution < -0.4 is 5.32 Å². The second-order valence-corrected chi connectivity index (χ2v) is 5.11. The van der Waals surface area contributed by atoms with Crippen LogP contribution in [0.3, 0.4) is 0 Å². The molecule has 1 amide bonds. The van der Waals surface area contributed by atoms with Crippen molar-refractivity contribution in [3.05, 3.63) is 42.2 Å². The Kier molecular flexibility index (Phi) is 3.16. The zero-order valence-electron chi connectivity index (χ0n) is 11.3. The van der Waals surface area contributed by atoms with E-state index < -0.39 is 24.2 Å². The van der Waals surface area contributed by atoms with E-state index in [9.17, 15) is 13.6 Å². The Labute approximate surface area is 120 Å². The van der Waals surface area contributed by atoms with Gasteiger partial charge in [0.15, 0.2) is 0 Å². The molecule has 3 rings (SSSR count). The van der Waals surface area contributed by atoms with E-state index in [4.69, 9.17) is 0 Å². The number of hydrogen-bond acceptors (Lipinski definition) is 3. The first-order valence-corrected chi connectivity index (χ1v) is 6.54. The fourth-order valence-corrected chi connectivity index (χ4v) is 2.10. The van der Waals surface area contributed by atoms with E-state index in [1.807, 2.05) is 19.1 Å². The number of amides is 1. The number of carbonyl (C=O) groups excluding carboxylic acids is 1. The smallest absolute Gasteiger partial charge is 0.260 e. The molecule has 1 aliphatic carbocycles. The minimum atomic E-state index is -2.88. The van der Waals surface area contributed by atoms with Crippen LogP contribution in [0.1, 0.15) is 12.0 Å². The molecule has 2 aromatic heterocycles. The number of nitrogens with zero attached hydrogens (tertiary/aromatic N) is 2. The highest BCUT2D eigenvalue weighted by atomic mass is 19.3. The van der Waals surface area contributed by atoms with E-state index in [1.165, 1.54) is 0 Å². The summed E-state index contributed by atoms with van der Waals surface area (Å²) in [5.41, 5.74) is 2.44. The van der Waals surface area contributed by atoms with Gasteiger partial charge in [0.25, 0.3) is 5.92 Å². The van der Waals surface area contributed by atoms with E-state index >= 15 is 0 Å². The van der Waals surface area contributed by atoms with Gasteiger partial charge in [-0.3, -0.25) is 9.78 Å². The van der Waals surface area contributed by atoms with Gasteiger partial charge in [-0.2, -0.15) is 0 Å². The largest absolute Gasteiger partial charge is 0.310 e. The molecule has 1 fully saturated rings. The molecule has 0 aliphatic heterocycles. The molecule has 0 aromatic carbocycles. The number of hydrogen-bond donors (Lipinski definition) is 1. The van der Waals surface area contributed by atoms with Crippen molar-refractivity contribution in [2.45, 2.75) is 19.3 Å². The topological polar surface area (TPSA) is 54.9 Å². The average molecular weight is 289 g/mol. The molecule has 0 bridgehead atoms. The predicted molar refractivity (Wildman–Crippen MR) is 73.9 cm³/mol. The molecule has 21 heavy (non-hydrogen) atoms. The Morgan fingerprint density at radius 3 is 2.76 bits per heavy atom. The van der Waals surface area contributed by atoms with E-state index in [1.54, 1.807) is 24.5 Å². The molecule has 1 aliphatic rings. The molecule has 0 unspecified atom stereocenters. The summed E-state index contributed by atoms with van der Waals surface area (Å²) >= 11 is 0. The molecule has 2 aromatic rings. The minimum Gasteiger partial charge on any atom is -0.310 e. The van der Waals surface area contributed by atoms with E-state index in [0.29, 0.717) is 0 Å². The van der Waals surface area contributed by atoms with Gasteiger partial charge in [-0.15, -0.1) is 0 Å². The highest BCUT2D eigenvalue weighted by Gasteiger charge is 2.61. The molecule has 4 nitrogen and oxygen atoms in total. The lowest BCUT2D eigenvalue weighted by molar-refractivity contribution is -0.119. The number of rotatable bonds is 3. The van der Waals surface area contributed by atoms with E-state index in [0.717, 1.165) is 16.8 Å². The lowest BCUT2D eigenvalue weighted by Gasteiger charge is -2.09. The van der Waals surface area contributed by atoms with Gasteiger partial charge in [0.1, 0.15) is 11.7 Å². The van der Waals surface area contributed by atoms with Crippen molar-refractivity contribution in [1.82, 2.24) is 9.97 Å². The number of pyridine rings is 2. The number of nitrogens with one attached hydrogen (secondary N) is 1. The van der Waals surface area contributed by atoms with Crippen LogP contribution in [0.4, 0.5) is 14.6 Å². The van der Waals surface area contributed by atoms with Gasteiger partial charge >= 0.3 is 0 Å². The highest BCUT2D eigenvalue weighted by molar-refractivity contribution is 5.95. The monoisotopic (exact) mass is 289 g/mol. The maximum Gasteiger partial charge on any atom is 0.260 e. The number of carbonyl (C=O) groups is 1. The van der Waals surface area contributed by atoms with Crippen LogP contribution in [-0.4, -0.2) is 21.8 Å². The normalized spacial score (nSPS) is 19.1. The van der Waals surface area contributed by atoms with Crippen molar-refractivity contribution in [2.75, 3.05) is 5.32 Å². The third kappa shape index (κ3) is 2.74. The Bertz CT molecular complexity index is 689. The second kappa shape index (κ2) is 4.87. The third-order valence-corrected chi connectivity index (χ3v) is 3.44. The number of aryl methyl sites for hydroxylation is 1. The summed E-state index contributed by atoms with van der Waals surface area (Å²) in [5.74, 6) is -4.55. The maximum absolute atomic E-state index is 12.9. The highest BCUT2D eigenvalue weighted by Crippen LogP contribution is 2.49. The quantitative estimate of drug-likeness (QED) is 0.945. The second-order valence-electron chi connectivity index (χ2n) is 5.11. The molecular formula is C15H13F2N3O. The van der Waals surface area contributed by atoms with Crippen LogP contribution in [0, 0.1) is 12.8 Å². The summed E-state index contributed by atoms with van der Waals surface area (Å²) in [6, 6.07) is 7.14. The van der Waals surface area contributed by atoms with Crippen molar-refractivity contribution in [3.63, 3.8) is 0 Å². The molecule has 2 heterocycles. The molecule has 1 atom stereocenters. The summed E-state index contributed by atoms with van der Waals surface area (Å²) < 4.78 is 25.7. The van der Waals surface area contributed by atoms with Gasteiger partial charge in [-0.05, 0) is 30.7 Å². The minimum absolute atomic E-state index is 0.258. The molecule has 6 heteroatoms. The lowest BCUT2D eigenvalue weighted by Crippen LogP contribution is -2.18. The van der Waals surface area contributed by atoms with Gasteiger partial charge in [0.05, 0.1) is 5.69 Å². The molecular weight excluding hydrogens is 276 g/mol. The van der Waals surface area contributed by atoms with Crippen molar-refractivity contribution < 1.29 is 13.6 Å². The third-order valence-electron chi connectivity index (χ3n) is 3.44. The Balaban J connectivity index is 1.83. The van der Waals surface area contributed by atoms with Gasteiger partial charge < -0.3 is 5.32 Å². The summed E-state index contributed by atoms with van der Waals surface area (Å²) in [7, 11) is 0. The summed E-state index contributed by atoms with van der Waals surface area (Å²) in [4.78, 5) is 20.0. The Morgan fingerprint density at radius 1 is 1.38 bits per heavy atom. The fourth-order valence-electron chi connectivity index (χ4n) is 2.10. The lowest BCUT2D eigenvalue weighted by atomic mass is 10.1. The standard InChI is InChI=1S/C15H13F2N3O/c1-9-8-19-13(20-14(21)11-7-15(11,16)17)6-10(9)12-4-2-3-5-18-12/h2-6,8,11H,7H2,1H3,(H,19,20,21)/t11-/m0/s1. The first-order valence-electron chi connectivity index (χ1n) is 6.54. The van der Waals surface area contributed by atoms with Crippen LogP contribution in [0.2, 0.25) is 0 Å². The predicted octanol–water partition coefficient (Wildman–Crippen LogP) is 3.05. The number of halogens is 2. The van der Waals surface area contributed by atoms with E-state index in [-0.39, 0.29) is 5.82 Å². The van der Waals surface area contributed by atoms with Crippen LogP contribution in [0.5, 0.6) is 0 Å². The van der Waals surface area contributed by atoms with Crippen molar-refractivity contribution in [1.29, 1.82) is 0 Å². The van der Waals surface area contributed by atoms with Gasteiger partial charge in [-0.1, -0.05) is 6.07 Å². The van der Waals surface area contributed by atoms with Crippen molar-refractivity contribution in [3.8, 4) is 11.3 Å². The first kappa shape index (κ1) is 13.6. The molecule has 108 valence electrons. The molecule has 0 spiro atoms. The average Bonchev–Trinajstić information content (AvgIpc) is 3.11. The van der Waals surface area contributed by atoms with Gasteiger partial charge in [0, 0.05) is 24.4 Å². The zero-order valence-corrected chi connectivity index (χ0v) is 11.3. The summed E-state index contributed by atoms with van der Waals surface area (Å²) in [5, 5.41) is 2.44. The van der Waals surface area contributed by atoms with Crippen LogP contribution in [0.15, 0.2) is 36.7 Å². The maximum atomic E-state index is 12.9. The van der Waals surface area contributed by atoms with Crippen molar-refractivity contribution in [2.24, 2.45) is 5.92 Å². The zero-order chi connectivity index (χ0) is 15.0. The van der Waals surface area contributed by atoms with Crippen LogP contribution in [0.25, 0.3) is 11.3 Å². The van der Waals surface area contributed by atoms with Gasteiger partial charge in [0.2, 0.25) is 5.91 Å². The van der Waals surface area contributed by atoms with E-state index in [2.05, 4.69) is 15.3 Å².